The number of aromatic amines is 1. The Morgan fingerprint density at radius 1 is 1.10 bits per heavy atom. The van der Waals surface area contributed by atoms with Gasteiger partial charge in [-0.05, 0) is 38.2 Å². The highest BCUT2D eigenvalue weighted by Gasteiger charge is 2.28. The first-order valence-corrected chi connectivity index (χ1v) is 9.85. The number of nitrogens with one attached hydrogen (secondary N) is 2. The summed E-state index contributed by atoms with van der Waals surface area (Å²) in [5.74, 6) is 0.426. The van der Waals surface area contributed by atoms with Gasteiger partial charge in [0.25, 0.3) is 0 Å². The summed E-state index contributed by atoms with van der Waals surface area (Å²) in [7, 11) is 1.43. The number of aryl methyl sites for hydroxylation is 1. The molecule has 1 aliphatic rings. The van der Waals surface area contributed by atoms with Crippen molar-refractivity contribution in [2.45, 2.75) is 38.6 Å². The van der Waals surface area contributed by atoms with Gasteiger partial charge in [-0.2, -0.15) is 0 Å². The van der Waals surface area contributed by atoms with E-state index in [0.717, 1.165) is 31.2 Å². The van der Waals surface area contributed by atoms with Crippen molar-refractivity contribution in [3.63, 3.8) is 0 Å². The van der Waals surface area contributed by atoms with E-state index in [1.54, 1.807) is 6.20 Å². The van der Waals surface area contributed by atoms with Crippen LogP contribution in [0.4, 0.5) is 5.82 Å². The smallest absolute Gasteiger partial charge is 0.308 e. The van der Waals surface area contributed by atoms with E-state index in [1.165, 1.54) is 13.4 Å². The Bertz CT molecular complexity index is 1050. The van der Waals surface area contributed by atoms with Crippen LogP contribution in [0.1, 0.15) is 47.2 Å². The number of anilines is 1. The van der Waals surface area contributed by atoms with Gasteiger partial charge in [0.2, 0.25) is 0 Å². The van der Waals surface area contributed by atoms with Gasteiger partial charge in [-0.15, -0.1) is 0 Å². The fourth-order valence-corrected chi connectivity index (χ4v) is 4.06. The molecule has 0 aliphatic heterocycles. The summed E-state index contributed by atoms with van der Waals surface area (Å²) in [6.07, 6.45) is 6.44. The monoisotopic (exact) mass is 392 g/mol. The number of methoxy groups -OCH3 is 1. The molecule has 7 nitrogen and oxygen atoms in total. The van der Waals surface area contributed by atoms with Gasteiger partial charge < -0.3 is 15.0 Å². The zero-order chi connectivity index (χ0) is 20.4. The number of H-pyrrole nitrogens is 1. The van der Waals surface area contributed by atoms with Crippen LogP contribution in [0.2, 0.25) is 0 Å². The van der Waals surface area contributed by atoms with Gasteiger partial charge >= 0.3 is 5.97 Å². The molecule has 0 radical (unpaired) electrons. The number of esters is 1. The van der Waals surface area contributed by atoms with Crippen LogP contribution >= 0.6 is 0 Å². The molecule has 1 fully saturated rings. The van der Waals surface area contributed by atoms with E-state index in [4.69, 9.17) is 4.74 Å². The van der Waals surface area contributed by atoms with Gasteiger partial charge in [0.15, 0.2) is 5.78 Å². The van der Waals surface area contributed by atoms with E-state index in [0.29, 0.717) is 28.0 Å². The lowest BCUT2D eigenvalue weighted by Crippen LogP contribution is -2.30. The maximum absolute atomic E-state index is 13.2. The van der Waals surface area contributed by atoms with Crippen LogP contribution in [0.3, 0.4) is 0 Å². The van der Waals surface area contributed by atoms with E-state index in [-0.39, 0.29) is 23.7 Å². The first-order chi connectivity index (χ1) is 14.1. The molecule has 7 heteroatoms. The number of rotatable bonds is 5. The minimum atomic E-state index is -0.135. The summed E-state index contributed by atoms with van der Waals surface area (Å²) in [6, 6.07) is 7.73. The predicted molar refractivity (Wildman–Crippen MR) is 110 cm³/mol. The third-order valence-corrected chi connectivity index (χ3v) is 5.71. The number of carbonyl (C=O) groups excluding carboxylic acids is 2. The van der Waals surface area contributed by atoms with Crippen molar-refractivity contribution in [3.05, 3.63) is 53.5 Å². The van der Waals surface area contributed by atoms with Crippen LogP contribution in [0.25, 0.3) is 11.0 Å². The Morgan fingerprint density at radius 3 is 2.59 bits per heavy atom. The minimum Gasteiger partial charge on any atom is -0.469 e. The molecule has 2 heterocycles. The molecule has 2 N–H and O–H groups in total. The third-order valence-electron chi connectivity index (χ3n) is 5.71. The van der Waals surface area contributed by atoms with Crippen LogP contribution in [0.5, 0.6) is 0 Å². The molecule has 0 atom stereocenters. The van der Waals surface area contributed by atoms with Gasteiger partial charge in [-0.3, -0.25) is 9.59 Å². The lowest BCUT2D eigenvalue weighted by atomic mass is 9.86. The first kappa shape index (κ1) is 19.1. The Kier molecular flexibility index (Phi) is 5.29. The van der Waals surface area contributed by atoms with Gasteiger partial charge in [-0.25, -0.2) is 9.97 Å². The molecular formula is C22H24N4O3. The lowest BCUT2D eigenvalue weighted by Gasteiger charge is -2.28. The normalized spacial score (nSPS) is 19.1. The fourth-order valence-electron chi connectivity index (χ4n) is 4.06. The molecular weight excluding hydrogens is 368 g/mol. The second-order valence-electron chi connectivity index (χ2n) is 7.51. The summed E-state index contributed by atoms with van der Waals surface area (Å²) >= 11 is 0. The second kappa shape index (κ2) is 8.03. The van der Waals surface area contributed by atoms with Gasteiger partial charge in [0.05, 0.1) is 24.0 Å². The molecule has 1 saturated carbocycles. The number of hydrogen-bond donors (Lipinski definition) is 2. The summed E-state index contributed by atoms with van der Waals surface area (Å²) in [5.41, 5.74) is 2.78. The highest BCUT2D eigenvalue weighted by atomic mass is 16.5. The van der Waals surface area contributed by atoms with E-state index in [2.05, 4.69) is 20.3 Å². The average molecular weight is 392 g/mol. The van der Waals surface area contributed by atoms with Crippen molar-refractivity contribution in [1.29, 1.82) is 0 Å². The number of carbonyl (C=O) groups is 2. The summed E-state index contributed by atoms with van der Waals surface area (Å²) < 4.78 is 4.86. The molecule has 0 bridgehead atoms. The van der Waals surface area contributed by atoms with Crippen LogP contribution in [0, 0.1) is 12.8 Å². The Morgan fingerprint density at radius 2 is 1.86 bits per heavy atom. The van der Waals surface area contributed by atoms with Gasteiger partial charge in [0, 0.05) is 17.8 Å². The van der Waals surface area contributed by atoms with Crippen LogP contribution < -0.4 is 5.32 Å². The Balaban J connectivity index is 1.60. The van der Waals surface area contributed by atoms with E-state index < -0.39 is 0 Å². The SMILES string of the molecule is COC(=O)[C@H]1CC[C@H](Nc2ncnc3[nH]cc(C(=O)c4ccccc4C)c23)CC1. The van der Waals surface area contributed by atoms with Crippen molar-refractivity contribution in [3.8, 4) is 0 Å². The molecule has 0 unspecified atom stereocenters. The number of fused-ring (bicyclic) bond motifs is 1. The number of nitrogens with zero attached hydrogens (tertiary/aromatic N) is 2. The zero-order valence-electron chi connectivity index (χ0n) is 16.6. The molecule has 150 valence electrons. The number of ether oxygens (including phenoxy) is 1. The largest absolute Gasteiger partial charge is 0.469 e. The van der Waals surface area contributed by atoms with Gasteiger partial charge in [0.1, 0.15) is 17.8 Å². The van der Waals surface area contributed by atoms with Crippen LogP contribution in [-0.4, -0.2) is 39.9 Å². The van der Waals surface area contributed by atoms with Crippen molar-refractivity contribution >= 4 is 28.6 Å². The fraction of sp³-hybridized carbons (Fsp3) is 0.364. The Hall–Kier alpha value is -3.22. The summed E-state index contributed by atoms with van der Waals surface area (Å²) in [6.45, 7) is 1.93. The third kappa shape index (κ3) is 3.72. The number of benzene rings is 1. The maximum Gasteiger partial charge on any atom is 0.308 e. The van der Waals surface area contributed by atoms with Crippen molar-refractivity contribution < 1.29 is 14.3 Å². The number of ketones is 1. The molecule has 3 aromatic rings. The van der Waals surface area contributed by atoms with E-state index in [9.17, 15) is 9.59 Å². The first-order valence-electron chi connectivity index (χ1n) is 9.85. The van der Waals surface area contributed by atoms with Crippen molar-refractivity contribution in [2.24, 2.45) is 5.92 Å². The van der Waals surface area contributed by atoms with Crippen LogP contribution in [0.15, 0.2) is 36.8 Å². The zero-order valence-corrected chi connectivity index (χ0v) is 16.6. The topological polar surface area (TPSA) is 97.0 Å². The molecule has 1 aliphatic carbocycles. The quantitative estimate of drug-likeness (QED) is 0.508. The highest BCUT2D eigenvalue weighted by Crippen LogP contribution is 2.31. The number of hydrogen-bond acceptors (Lipinski definition) is 6. The van der Waals surface area contributed by atoms with Crippen molar-refractivity contribution in [2.75, 3.05) is 12.4 Å². The molecule has 0 spiro atoms. The summed E-state index contributed by atoms with van der Waals surface area (Å²) in [4.78, 5) is 36.7. The lowest BCUT2D eigenvalue weighted by molar-refractivity contribution is -0.146. The van der Waals surface area contributed by atoms with Crippen LogP contribution in [-0.2, 0) is 9.53 Å². The predicted octanol–water partition coefficient (Wildman–Crippen LogP) is 3.64. The Labute approximate surface area is 168 Å². The van der Waals surface area contributed by atoms with Gasteiger partial charge in [-0.1, -0.05) is 24.3 Å². The minimum absolute atomic E-state index is 0.0334. The molecule has 0 amide bonds. The maximum atomic E-state index is 13.2. The molecule has 1 aromatic carbocycles. The second-order valence-corrected chi connectivity index (χ2v) is 7.51. The standard InChI is InChI=1S/C22H24N4O3/c1-13-5-3-4-6-16(13)19(27)17-11-23-20-18(17)21(25-12-24-20)26-15-9-7-14(8-10-15)22(28)29-2/h3-6,11-12,14-15H,7-10H2,1-2H3,(H2,23,24,25,26)/t14-,15-. The molecule has 4 rings (SSSR count). The van der Waals surface area contributed by atoms with E-state index in [1.807, 2.05) is 31.2 Å². The molecule has 0 saturated heterocycles. The highest BCUT2D eigenvalue weighted by molar-refractivity contribution is 6.18. The molecule has 2 aromatic heterocycles. The van der Waals surface area contributed by atoms with E-state index >= 15 is 0 Å². The number of aromatic nitrogens is 3. The molecule has 29 heavy (non-hydrogen) atoms. The average Bonchev–Trinajstić information content (AvgIpc) is 3.19. The summed E-state index contributed by atoms with van der Waals surface area (Å²) in [5, 5.41) is 4.18. The van der Waals surface area contributed by atoms with Crippen molar-refractivity contribution in [1.82, 2.24) is 15.0 Å².